The van der Waals surface area contributed by atoms with Crippen LogP contribution in [-0.2, 0) is 0 Å². The molecule has 0 radical (unpaired) electrons. The van der Waals surface area contributed by atoms with Crippen molar-refractivity contribution >= 4 is 33.1 Å². The Kier molecular flexibility index (Phi) is 3.58. The molecule has 0 atom stereocenters. The number of nitrogens with one attached hydrogen (secondary N) is 1. The van der Waals surface area contributed by atoms with Crippen molar-refractivity contribution in [3.63, 3.8) is 0 Å². The van der Waals surface area contributed by atoms with Crippen LogP contribution in [0.15, 0.2) is 41.3 Å². The third-order valence-electron chi connectivity index (χ3n) is 2.27. The minimum Gasteiger partial charge on any atom is -0.378 e. The third kappa shape index (κ3) is 3.17. The fraction of sp³-hybridized carbons (Fsp3) is 0.167. The first-order valence-corrected chi connectivity index (χ1v) is 5.96. The average molecular weight is 293 g/mol. The summed E-state index contributed by atoms with van der Waals surface area (Å²) >= 11 is 3.31. The standard InChI is InChI=1S/C12H13BrN4/c1-17(2)10-5-3-4-9(6-10)16-12-7-11(13)14-8-15-12/h3-8H,1-2H3,(H,14,15,16). The predicted octanol–water partition coefficient (Wildman–Crippen LogP) is 3.05. The zero-order chi connectivity index (χ0) is 12.3. The van der Waals surface area contributed by atoms with Gasteiger partial charge in [0.2, 0.25) is 0 Å². The normalized spacial score (nSPS) is 10.1. The van der Waals surface area contributed by atoms with Crippen LogP contribution in [0.1, 0.15) is 0 Å². The monoisotopic (exact) mass is 292 g/mol. The van der Waals surface area contributed by atoms with Crippen LogP contribution in [0.5, 0.6) is 0 Å². The summed E-state index contributed by atoms with van der Waals surface area (Å²) in [5.74, 6) is 0.766. The van der Waals surface area contributed by atoms with Gasteiger partial charge in [-0.3, -0.25) is 0 Å². The Morgan fingerprint density at radius 3 is 2.71 bits per heavy atom. The van der Waals surface area contributed by atoms with Crippen molar-refractivity contribution < 1.29 is 0 Å². The lowest BCUT2D eigenvalue weighted by molar-refractivity contribution is 1.13. The second-order valence-corrected chi connectivity index (χ2v) is 4.61. The molecule has 0 saturated heterocycles. The van der Waals surface area contributed by atoms with Crippen LogP contribution in [0, 0.1) is 0 Å². The van der Waals surface area contributed by atoms with Crippen molar-refractivity contribution in [1.82, 2.24) is 9.97 Å². The molecule has 0 aliphatic carbocycles. The number of halogens is 1. The first kappa shape index (κ1) is 11.9. The highest BCUT2D eigenvalue weighted by Gasteiger charge is 2.00. The van der Waals surface area contributed by atoms with E-state index < -0.39 is 0 Å². The van der Waals surface area contributed by atoms with Crippen molar-refractivity contribution in [2.45, 2.75) is 0 Å². The molecule has 0 unspecified atom stereocenters. The van der Waals surface area contributed by atoms with Gasteiger partial charge in [0.1, 0.15) is 16.7 Å². The predicted molar refractivity (Wildman–Crippen MR) is 73.8 cm³/mol. The van der Waals surface area contributed by atoms with Crippen LogP contribution in [0.4, 0.5) is 17.2 Å². The smallest absolute Gasteiger partial charge is 0.134 e. The second kappa shape index (κ2) is 5.14. The van der Waals surface area contributed by atoms with Crippen LogP contribution >= 0.6 is 15.9 Å². The van der Waals surface area contributed by atoms with Crippen molar-refractivity contribution in [1.29, 1.82) is 0 Å². The number of hydrogen-bond acceptors (Lipinski definition) is 4. The van der Waals surface area contributed by atoms with E-state index in [1.165, 1.54) is 6.33 Å². The first-order chi connectivity index (χ1) is 8.15. The molecule has 0 aliphatic heterocycles. The van der Waals surface area contributed by atoms with Gasteiger partial charge in [-0.2, -0.15) is 0 Å². The minimum absolute atomic E-state index is 0.763. The molecule has 0 saturated carbocycles. The number of anilines is 3. The van der Waals surface area contributed by atoms with Gasteiger partial charge in [0, 0.05) is 31.5 Å². The van der Waals surface area contributed by atoms with Gasteiger partial charge in [-0.25, -0.2) is 9.97 Å². The SMILES string of the molecule is CN(C)c1cccc(Nc2cc(Br)ncn2)c1. The molecule has 5 heteroatoms. The van der Waals surface area contributed by atoms with E-state index in [1.54, 1.807) is 0 Å². The van der Waals surface area contributed by atoms with Crippen LogP contribution < -0.4 is 10.2 Å². The van der Waals surface area contributed by atoms with E-state index in [-0.39, 0.29) is 0 Å². The Bertz CT molecular complexity index is 513. The quantitative estimate of drug-likeness (QED) is 0.883. The van der Waals surface area contributed by atoms with Gasteiger partial charge in [-0.1, -0.05) is 6.07 Å². The number of hydrogen-bond donors (Lipinski definition) is 1. The number of rotatable bonds is 3. The van der Waals surface area contributed by atoms with E-state index >= 15 is 0 Å². The van der Waals surface area contributed by atoms with Crippen LogP contribution in [0.3, 0.4) is 0 Å². The van der Waals surface area contributed by atoms with Gasteiger partial charge in [-0.05, 0) is 34.1 Å². The van der Waals surface area contributed by atoms with Crippen molar-refractivity contribution in [3.05, 3.63) is 41.3 Å². The lowest BCUT2D eigenvalue weighted by Gasteiger charge is -2.14. The van der Waals surface area contributed by atoms with Gasteiger partial charge in [0.15, 0.2) is 0 Å². The Morgan fingerprint density at radius 1 is 1.18 bits per heavy atom. The number of benzene rings is 1. The fourth-order valence-corrected chi connectivity index (χ4v) is 1.72. The summed E-state index contributed by atoms with van der Waals surface area (Å²) in [5, 5.41) is 3.23. The molecular weight excluding hydrogens is 280 g/mol. The summed E-state index contributed by atoms with van der Waals surface area (Å²) in [6.45, 7) is 0. The molecule has 4 nitrogen and oxygen atoms in total. The van der Waals surface area contributed by atoms with Crippen molar-refractivity contribution in [3.8, 4) is 0 Å². The van der Waals surface area contributed by atoms with Gasteiger partial charge in [0.25, 0.3) is 0 Å². The maximum Gasteiger partial charge on any atom is 0.134 e. The lowest BCUT2D eigenvalue weighted by atomic mass is 10.2. The molecule has 0 fully saturated rings. The average Bonchev–Trinajstić information content (AvgIpc) is 2.29. The lowest BCUT2D eigenvalue weighted by Crippen LogP contribution is -2.08. The molecule has 0 aliphatic rings. The molecule has 0 spiro atoms. The van der Waals surface area contributed by atoms with E-state index in [0.29, 0.717) is 0 Å². The van der Waals surface area contributed by atoms with Gasteiger partial charge < -0.3 is 10.2 Å². The second-order valence-electron chi connectivity index (χ2n) is 3.80. The van der Waals surface area contributed by atoms with Crippen molar-refractivity contribution in [2.75, 3.05) is 24.3 Å². The molecule has 1 N–H and O–H groups in total. The molecule has 1 aromatic carbocycles. The van der Waals surface area contributed by atoms with E-state index in [9.17, 15) is 0 Å². The largest absolute Gasteiger partial charge is 0.378 e. The summed E-state index contributed by atoms with van der Waals surface area (Å²) in [5.41, 5.74) is 2.14. The van der Waals surface area contributed by atoms with Crippen LogP contribution in [0.2, 0.25) is 0 Å². The molecule has 88 valence electrons. The molecule has 0 amide bonds. The highest BCUT2D eigenvalue weighted by Crippen LogP contribution is 2.21. The molecule has 0 bridgehead atoms. The third-order valence-corrected chi connectivity index (χ3v) is 2.70. The van der Waals surface area contributed by atoms with Gasteiger partial charge in [0.05, 0.1) is 0 Å². The molecule has 17 heavy (non-hydrogen) atoms. The first-order valence-electron chi connectivity index (χ1n) is 5.17. The molecule has 2 rings (SSSR count). The van der Waals surface area contributed by atoms with E-state index in [4.69, 9.17) is 0 Å². The fourth-order valence-electron chi connectivity index (χ4n) is 1.41. The summed E-state index contributed by atoms with van der Waals surface area (Å²) in [4.78, 5) is 10.2. The maximum atomic E-state index is 4.14. The van der Waals surface area contributed by atoms with Crippen LogP contribution in [0.25, 0.3) is 0 Å². The van der Waals surface area contributed by atoms with E-state index in [1.807, 2.05) is 32.3 Å². The maximum absolute atomic E-state index is 4.14. The highest BCUT2D eigenvalue weighted by atomic mass is 79.9. The van der Waals surface area contributed by atoms with E-state index in [2.05, 4.69) is 48.2 Å². The Morgan fingerprint density at radius 2 is 2.00 bits per heavy atom. The van der Waals surface area contributed by atoms with Crippen molar-refractivity contribution in [2.24, 2.45) is 0 Å². The van der Waals surface area contributed by atoms with Gasteiger partial charge >= 0.3 is 0 Å². The molecule has 1 aromatic heterocycles. The Labute approximate surface area is 109 Å². The Hall–Kier alpha value is -1.62. The summed E-state index contributed by atoms with van der Waals surface area (Å²) in [7, 11) is 4.03. The van der Waals surface area contributed by atoms with Gasteiger partial charge in [-0.15, -0.1) is 0 Å². The zero-order valence-corrected chi connectivity index (χ0v) is 11.3. The number of nitrogens with zero attached hydrogens (tertiary/aromatic N) is 3. The summed E-state index contributed by atoms with van der Waals surface area (Å²) in [6.07, 6.45) is 1.52. The molecule has 1 heterocycles. The minimum atomic E-state index is 0.763. The van der Waals surface area contributed by atoms with E-state index in [0.717, 1.165) is 21.8 Å². The summed E-state index contributed by atoms with van der Waals surface area (Å²) in [6, 6.07) is 9.97. The molecular formula is C12H13BrN4. The summed E-state index contributed by atoms with van der Waals surface area (Å²) < 4.78 is 0.763. The molecule has 2 aromatic rings. The zero-order valence-electron chi connectivity index (χ0n) is 9.68. The highest BCUT2D eigenvalue weighted by molar-refractivity contribution is 9.10. The van der Waals surface area contributed by atoms with Crippen LogP contribution in [-0.4, -0.2) is 24.1 Å². The topological polar surface area (TPSA) is 41.0 Å². The Balaban J connectivity index is 2.21. The number of aromatic nitrogens is 2.